The highest BCUT2D eigenvalue weighted by molar-refractivity contribution is 7.91. The first-order valence-corrected chi connectivity index (χ1v) is 9.77. The SMILES string of the molecule is CCCNC(=O)NC[C@H](c1ccco1)S(=O)(=O)c1cc(C)ccc1C. The number of benzene rings is 1. The summed E-state index contributed by atoms with van der Waals surface area (Å²) < 4.78 is 31.7. The van der Waals surface area contributed by atoms with Crippen molar-refractivity contribution in [1.29, 1.82) is 0 Å². The summed E-state index contributed by atoms with van der Waals surface area (Å²) in [5, 5.41) is 4.31. The Balaban J connectivity index is 2.32. The number of carbonyl (C=O) groups is 1. The van der Waals surface area contributed by atoms with Gasteiger partial charge in [-0.1, -0.05) is 19.1 Å². The van der Waals surface area contributed by atoms with Crippen molar-refractivity contribution in [2.45, 2.75) is 37.3 Å². The average molecular weight is 364 g/mol. The maximum absolute atomic E-state index is 13.2. The van der Waals surface area contributed by atoms with Gasteiger partial charge in [0.2, 0.25) is 0 Å². The molecule has 0 aliphatic heterocycles. The summed E-state index contributed by atoms with van der Waals surface area (Å²) in [5.41, 5.74) is 1.52. The van der Waals surface area contributed by atoms with E-state index in [4.69, 9.17) is 4.42 Å². The third-order valence-corrected chi connectivity index (χ3v) is 6.07. The Labute approximate surface area is 148 Å². The van der Waals surface area contributed by atoms with Gasteiger partial charge < -0.3 is 15.1 Å². The molecule has 1 heterocycles. The number of hydrogen-bond acceptors (Lipinski definition) is 4. The molecule has 0 bridgehead atoms. The van der Waals surface area contributed by atoms with Crippen molar-refractivity contribution in [3.8, 4) is 0 Å². The minimum Gasteiger partial charge on any atom is -0.468 e. The van der Waals surface area contributed by atoms with E-state index >= 15 is 0 Å². The number of hydrogen-bond donors (Lipinski definition) is 2. The molecular weight excluding hydrogens is 340 g/mol. The van der Waals surface area contributed by atoms with Crippen molar-refractivity contribution in [2.24, 2.45) is 0 Å². The molecule has 136 valence electrons. The average Bonchev–Trinajstić information content (AvgIpc) is 3.09. The molecule has 2 aromatic rings. The normalized spacial score (nSPS) is 12.6. The van der Waals surface area contributed by atoms with Crippen molar-refractivity contribution in [3.05, 3.63) is 53.5 Å². The lowest BCUT2D eigenvalue weighted by atomic mass is 10.2. The topological polar surface area (TPSA) is 88.4 Å². The number of nitrogens with one attached hydrogen (secondary N) is 2. The minimum absolute atomic E-state index is 0.0707. The summed E-state index contributed by atoms with van der Waals surface area (Å²) in [6.45, 7) is 6.00. The Bertz CT molecular complexity index is 814. The minimum atomic E-state index is -3.73. The summed E-state index contributed by atoms with van der Waals surface area (Å²) in [7, 11) is -3.73. The number of amides is 2. The zero-order valence-electron chi connectivity index (χ0n) is 14.7. The van der Waals surface area contributed by atoms with Gasteiger partial charge in [0.25, 0.3) is 0 Å². The second-order valence-electron chi connectivity index (χ2n) is 5.95. The van der Waals surface area contributed by atoms with Crippen LogP contribution in [0.15, 0.2) is 45.9 Å². The zero-order chi connectivity index (χ0) is 18.4. The van der Waals surface area contributed by atoms with E-state index in [1.165, 1.54) is 6.26 Å². The van der Waals surface area contributed by atoms with Crippen LogP contribution in [0.4, 0.5) is 4.79 Å². The molecule has 0 unspecified atom stereocenters. The Morgan fingerprint density at radius 3 is 2.60 bits per heavy atom. The first kappa shape index (κ1) is 19.1. The van der Waals surface area contributed by atoms with Crippen LogP contribution in [0, 0.1) is 13.8 Å². The molecule has 2 N–H and O–H groups in total. The standard InChI is InChI=1S/C18H24N2O4S/c1-4-9-19-18(21)20-12-17(15-6-5-10-24-15)25(22,23)16-11-13(2)7-8-14(16)3/h5-8,10-11,17H,4,9,12H2,1-3H3,(H2,19,20,21)/t17-/m1/s1. The molecule has 0 spiro atoms. The second kappa shape index (κ2) is 8.20. The third kappa shape index (κ3) is 4.63. The molecule has 2 amide bonds. The van der Waals surface area contributed by atoms with Crippen LogP contribution in [0.25, 0.3) is 0 Å². The van der Waals surface area contributed by atoms with Gasteiger partial charge >= 0.3 is 6.03 Å². The molecule has 0 aliphatic rings. The fourth-order valence-corrected chi connectivity index (χ4v) is 4.41. The number of aryl methyl sites for hydroxylation is 2. The van der Waals surface area contributed by atoms with Crippen molar-refractivity contribution in [1.82, 2.24) is 10.6 Å². The van der Waals surface area contributed by atoms with Crippen molar-refractivity contribution >= 4 is 15.9 Å². The lowest BCUT2D eigenvalue weighted by Crippen LogP contribution is -2.39. The highest BCUT2D eigenvalue weighted by atomic mass is 32.2. The molecule has 6 nitrogen and oxygen atoms in total. The van der Waals surface area contributed by atoms with E-state index < -0.39 is 21.1 Å². The molecule has 0 saturated carbocycles. The maximum Gasteiger partial charge on any atom is 0.314 e. The Morgan fingerprint density at radius 2 is 1.96 bits per heavy atom. The predicted molar refractivity (Wildman–Crippen MR) is 96.2 cm³/mol. The summed E-state index contributed by atoms with van der Waals surface area (Å²) in [6, 6.07) is 8.15. The van der Waals surface area contributed by atoms with Gasteiger partial charge in [0, 0.05) is 13.1 Å². The van der Waals surface area contributed by atoms with E-state index in [0.29, 0.717) is 17.9 Å². The van der Waals surface area contributed by atoms with Crippen LogP contribution in [0.3, 0.4) is 0 Å². The number of rotatable bonds is 7. The lowest BCUT2D eigenvalue weighted by molar-refractivity contribution is 0.240. The molecule has 0 radical (unpaired) electrons. The quantitative estimate of drug-likeness (QED) is 0.790. The van der Waals surface area contributed by atoms with E-state index in [9.17, 15) is 13.2 Å². The van der Waals surface area contributed by atoms with Crippen molar-refractivity contribution in [3.63, 3.8) is 0 Å². The van der Waals surface area contributed by atoms with E-state index in [1.807, 2.05) is 19.9 Å². The monoisotopic (exact) mass is 364 g/mol. The van der Waals surface area contributed by atoms with Gasteiger partial charge in [0.15, 0.2) is 9.84 Å². The summed E-state index contributed by atoms with van der Waals surface area (Å²) in [4.78, 5) is 12.1. The maximum atomic E-state index is 13.2. The van der Waals surface area contributed by atoms with Crippen molar-refractivity contribution in [2.75, 3.05) is 13.1 Å². The molecule has 25 heavy (non-hydrogen) atoms. The first-order chi connectivity index (χ1) is 11.9. The Morgan fingerprint density at radius 1 is 1.20 bits per heavy atom. The number of urea groups is 1. The Kier molecular flexibility index (Phi) is 6.25. The molecule has 1 atom stereocenters. The third-order valence-electron chi connectivity index (χ3n) is 3.87. The molecule has 7 heteroatoms. The predicted octanol–water partition coefficient (Wildman–Crippen LogP) is 3.12. The van der Waals surface area contributed by atoms with Crippen LogP contribution in [0.2, 0.25) is 0 Å². The van der Waals surface area contributed by atoms with Gasteiger partial charge in [-0.25, -0.2) is 13.2 Å². The van der Waals surface area contributed by atoms with Gasteiger partial charge in [-0.3, -0.25) is 0 Å². The summed E-state index contributed by atoms with van der Waals surface area (Å²) >= 11 is 0. The van der Waals surface area contributed by atoms with Crippen LogP contribution in [0.5, 0.6) is 0 Å². The molecule has 0 aliphatic carbocycles. The zero-order valence-corrected chi connectivity index (χ0v) is 15.5. The summed E-state index contributed by atoms with van der Waals surface area (Å²) in [6.07, 6.45) is 2.23. The van der Waals surface area contributed by atoms with E-state index in [-0.39, 0.29) is 11.4 Å². The lowest BCUT2D eigenvalue weighted by Gasteiger charge is -2.18. The van der Waals surface area contributed by atoms with Crippen molar-refractivity contribution < 1.29 is 17.6 Å². The van der Waals surface area contributed by atoms with Crippen LogP contribution in [-0.2, 0) is 9.84 Å². The van der Waals surface area contributed by atoms with E-state index in [0.717, 1.165) is 12.0 Å². The van der Waals surface area contributed by atoms with Crippen LogP contribution in [-0.4, -0.2) is 27.5 Å². The molecule has 1 aromatic heterocycles. The molecule has 1 aromatic carbocycles. The highest BCUT2D eigenvalue weighted by Crippen LogP contribution is 2.31. The Hall–Kier alpha value is -2.28. The van der Waals surface area contributed by atoms with Crippen LogP contribution < -0.4 is 10.6 Å². The summed E-state index contributed by atoms with van der Waals surface area (Å²) in [5.74, 6) is 0.302. The van der Waals surface area contributed by atoms with Gasteiger partial charge in [0.05, 0.1) is 11.2 Å². The molecule has 0 saturated heterocycles. The second-order valence-corrected chi connectivity index (χ2v) is 8.05. The fraction of sp³-hybridized carbons (Fsp3) is 0.389. The largest absolute Gasteiger partial charge is 0.468 e. The van der Waals surface area contributed by atoms with Crippen LogP contribution in [0.1, 0.15) is 35.5 Å². The molecule has 2 rings (SSSR count). The van der Waals surface area contributed by atoms with E-state index in [2.05, 4.69) is 10.6 Å². The first-order valence-electron chi connectivity index (χ1n) is 8.22. The number of carbonyl (C=O) groups excluding carboxylic acids is 1. The van der Waals surface area contributed by atoms with Gasteiger partial charge in [0.1, 0.15) is 11.0 Å². The van der Waals surface area contributed by atoms with Crippen LogP contribution >= 0.6 is 0 Å². The van der Waals surface area contributed by atoms with Gasteiger partial charge in [-0.15, -0.1) is 0 Å². The number of furan rings is 1. The smallest absolute Gasteiger partial charge is 0.314 e. The highest BCUT2D eigenvalue weighted by Gasteiger charge is 2.33. The van der Waals surface area contributed by atoms with Gasteiger partial charge in [-0.2, -0.15) is 0 Å². The fourth-order valence-electron chi connectivity index (χ4n) is 2.49. The number of sulfone groups is 1. The van der Waals surface area contributed by atoms with Gasteiger partial charge in [-0.05, 0) is 49.6 Å². The molecular formula is C18H24N2O4S. The molecule has 0 fully saturated rings. The van der Waals surface area contributed by atoms with E-state index in [1.54, 1.807) is 31.2 Å².